The Labute approximate surface area is 158 Å². The number of hydrogen-bond donors (Lipinski definition) is 1. The number of para-hydroxylation sites is 1. The normalized spacial score (nSPS) is 13.4. The van der Waals surface area contributed by atoms with Gasteiger partial charge < -0.3 is 15.0 Å². The number of aromatic nitrogens is 1. The lowest BCUT2D eigenvalue weighted by Gasteiger charge is -2.15. The van der Waals surface area contributed by atoms with Gasteiger partial charge in [-0.2, -0.15) is 0 Å². The van der Waals surface area contributed by atoms with Crippen LogP contribution in [0.25, 0.3) is 0 Å². The van der Waals surface area contributed by atoms with E-state index in [0.717, 1.165) is 43.1 Å². The van der Waals surface area contributed by atoms with Crippen LogP contribution in [0.1, 0.15) is 23.2 Å². The minimum atomic E-state index is 0.0737. The fourth-order valence-electron chi connectivity index (χ4n) is 3.11. The minimum Gasteiger partial charge on any atom is -0.457 e. The highest BCUT2D eigenvalue weighted by Crippen LogP contribution is 2.24. The van der Waals surface area contributed by atoms with E-state index in [1.807, 2.05) is 59.5 Å². The Balaban J connectivity index is 1.43. The Hall–Kier alpha value is -3.34. The molecule has 5 heteroatoms. The van der Waals surface area contributed by atoms with Crippen LogP contribution in [-0.2, 0) is 0 Å². The summed E-state index contributed by atoms with van der Waals surface area (Å²) in [4.78, 5) is 18.7. The highest BCUT2D eigenvalue weighted by atomic mass is 16.5. The maximum atomic E-state index is 12.5. The molecule has 2 heterocycles. The largest absolute Gasteiger partial charge is 0.457 e. The number of pyridine rings is 1. The SMILES string of the molecule is O=C(c1ccnc(Nc2ccc(Oc3ccccc3)cc2)c1)N1CCCC1. The molecule has 0 spiro atoms. The molecule has 0 atom stereocenters. The van der Waals surface area contributed by atoms with Gasteiger partial charge in [0.15, 0.2) is 0 Å². The number of rotatable bonds is 5. The third-order valence-electron chi connectivity index (χ3n) is 4.51. The first-order chi connectivity index (χ1) is 13.3. The number of nitrogens with one attached hydrogen (secondary N) is 1. The topological polar surface area (TPSA) is 54.5 Å². The molecule has 1 saturated heterocycles. The Bertz CT molecular complexity index is 904. The lowest BCUT2D eigenvalue weighted by molar-refractivity contribution is 0.0793. The zero-order valence-electron chi connectivity index (χ0n) is 15.0. The number of nitrogens with zero attached hydrogens (tertiary/aromatic N) is 2. The van der Waals surface area contributed by atoms with E-state index < -0.39 is 0 Å². The molecule has 0 bridgehead atoms. The van der Waals surface area contributed by atoms with Crippen molar-refractivity contribution in [3.8, 4) is 11.5 Å². The quantitative estimate of drug-likeness (QED) is 0.707. The summed E-state index contributed by atoms with van der Waals surface area (Å²) < 4.78 is 5.80. The highest BCUT2D eigenvalue weighted by Gasteiger charge is 2.19. The third kappa shape index (κ3) is 4.26. The second-order valence-corrected chi connectivity index (χ2v) is 6.49. The van der Waals surface area contributed by atoms with Crippen molar-refractivity contribution in [3.05, 3.63) is 78.5 Å². The monoisotopic (exact) mass is 359 g/mol. The Morgan fingerprint density at radius 3 is 2.37 bits per heavy atom. The van der Waals surface area contributed by atoms with Gasteiger partial charge in [0, 0.05) is 30.5 Å². The second kappa shape index (κ2) is 7.91. The molecule has 0 aliphatic carbocycles. The summed E-state index contributed by atoms with van der Waals surface area (Å²) in [6, 6.07) is 20.9. The van der Waals surface area contributed by atoms with Crippen LogP contribution in [0.4, 0.5) is 11.5 Å². The second-order valence-electron chi connectivity index (χ2n) is 6.49. The summed E-state index contributed by atoms with van der Waals surface area (Å²) >= 11 is 0. The van der Waals surface area contributed by atoms with Crippen LogP contribution < -0.4 is 10.1 Å². The smallest absolute Gasteiger partial charge is 0.254 e. The summed E-state index contributed by atoms with van der Waals surface area (Å²) in [6.45, 7) is 1.68. The van der Waals surface area contributed by atoms with E-state index in [1.54, 1.807) is 18.3 Å². The van der Waals surface area contributed by atoms with Gasteiger partial charge in [0.1, 0.15) is 17.3 Å². The number of likely N-dealkylation sites (tertiary alicyclic amines) is 1. The van der Waals surface area contributed by atoms with E-state index >= 15 is 0 Å². The average Bonchev–Trinajstić information content (AvgIpc) is 3.25. The van der Waals surface area contributed by atoms with Crippen molar-refractivity contribution in [1.82, 2.24) is 9.88 Å². The molecule has 2 aromatic carbocycles. The van der Waals surface area contributed by atoms with Gasteiger partial charge in [0.25, 0.3) is 5.91 Å². The maximum absolute atomic E-state index is 12.5. The van der Waals surface area contributed by atoms with Crippen molar-refractivity contribution >= 4 is 17.4 Å². The van der Waals surface area contributed by atoms with Crippen molar-refractivity contribution in [2.75, 3.05) is 18.4 Å². The molecule has 0 radical (unpaired) electrons. The average molecular weight is 359 g/mol. The molecule has 4 rings (SSSR count). The zero-order valence-corrected chi connectivity index (χ0v) is 15.0. The van der Waals surface area contributed by atoms with Gasteiger partial charge in [0.05, 0.1) is 0 Å². The van der Waals surface area contributed by atoms with Gasteiger partial charge in [-0.3, -0.25) is 4.79 Å². The van der Waals surface area contributed by atoms with Crippen LogP contribution in [0, 0.1) is 0 Å². The standard InChI is InChI=1S/C22H21N3O2/c26-22(25-14-4-5-15-25)17-12-13-23-21(16-17)24-18-8-10-20(11-9-18)27-19-6-2-1-3-7-19/h1-3,6-13,16H,4-5,14-15H2,(H,23,24). The fourth-order valence-corrected chi connectivity index (χ4v) is 3.11. The summed E-state index contributed by atoms with van der Waals surface area (Å²) in [7, 11) is 0. The van der Waals surface area contributed by atoms with Gasteiger partial charge in [-0.25, -0.2) is 4.98 Å². The Morgan fingerprint density at radius 1 is 0.926 bits per heavy atom. The molecule has 1 amide bonds. The maximum Gasteiger partial charge on any atom is 0.254 e. The predicted molar refractivity (Wildman–Crippen MR) is 106 cm³/mol. The molecular formula is C22H21N3O2. The molecule has 0 saturated carbocycles. The van der Waals surface area contributed by atoms with E-state index in [9.17, 15) is 4.79 Å². The first-order valence-corrected chi connectivity index (χ1v) is 9.13. The highest BCUT2D eigenvalue weighted by molar-refractivity contribution is 5.95. The lowest BCUT2D eigenvalue weighted by Crippen LogP contribution is -2.27. The van der Waals surface area contributed by atoms with Crippen molar-refractivity contribution in [2.24, 2.45) is 0 Å². The number of benzene rings is 2. The molecule has 3 aromatic rings. The van der Waals surface area contributed by atoms with Gasteiger partial charge in [0.2, 0.25) is 0 Å². The molecular weight excluding hydrogens is 338 g/mol. The summed E-state index contributed by atoms with van der Waals surface area (Å²) in [5.74, 6) is 2.28. The predicted octanol–water partition coefficient (Wildman–Crippen LogP) is 4.85. The van der Waals surface area contributed by atoms with Crippen molar-refractivity contribution < 1.29 is 9.53 Å². The lowest BCUT2D eigenvalue weighted by atomic mass is 10.2. The van der Waals surface area contributed by atoms with Crippen LogP contribution in [0.3, 0.4) is 0 Å². The Kier molecular flexibility index (Phi) is 5.01. The van der Waals surface area contributed by atoms with Crippen molar-refractivity contribution in [3.63, 3.8) is 0 Å². The molecule has 1 N–H and O–H groups in total. The van der Waals surface area contributed by atoms with Crippen LogP contribution in [0.5, 0.6) is 11.5 Å². The van der Waals surface area contributed by atoms with E-state index in [0.29, 0.717) is 11.4 Å². The molecule has 27 heavy (non-hydrogen) atoms. The molecule has 1 aliphatic rings. The van der Waals surface area contributed by atoms with E-state index in [1.165, 1.54) is 0 Å². The van der Waals surface area contributed by atoms with E-state index in [2.05, 4.69) is 10.3 Å². The molecule has 136 valence electrons. The molecule has 0 unspecified atom stereocenters. The van der Waals surface area contributed by atoms with Crippen molar-refractivity contribution in [1.29, 1.82) is 0 Å². The Morgan fingerprint density at radius 2 is 1.63 bits per heavy atom. The number of anilines is 2. The number of amides is 1. The third-order valence-corrected chi connectivity index (χ3v) is 4.51. The molecule has 1 fully saturated rings. The number of hydrogen-bond acceptors (Lipinski definition) is 4. The number of ether oxygens (including phenoxy) is 1. The molecule has 1 aliphatic heterocycles. The first kappa shape index (κ1) is 17.1. The van der Waals surface area contributed by atoms with Crippen LogP contribution in [0.15, 0.2) is 72.9 Å². The molecule has 1 aromatic heterocycles. The summed E-state index contributed by atoms with van der Waals surface area (Å²) in [5, 5.41) is 3.24. The summed E-state index contributed by atoms with van der Waals surface area (Å²) in [5.41, 5.74) is 1.55. The zero-order chi connectivity index (χ0) is 18.5. The van der Waals surface area contributed by atoms with Crippen LogP contribution in [-0.4, -0.2) is 28.9 Å². The number of carbonyl (C=O) groups excluding carboxylic acids is 1. The first-order valence-electron chi connectivity index (χ1n) is 9.13. The van der Waals surface area contributed by atoms with Crippen molar-refractivity contribution in [2.45, 2.75) is 12.8 Å². The van der Waals surface area contributed by atoms with Crippen LogP contribution in [0.2, 0.25) is 0 Å². The molecule has 5 nitrogen and oxygen atoms in total. The van der Waals surface area contributed by atoms with Gasteiger partial charge in [-0.15, -0.1) is 0 Å². The van der Waals surface area contributed by atoms with E-state index in [-0.39, 0.29) is 5.91 Å². The fraction of sp³-hybridized carbons (Fsp3) is 0.182. The van der Waals surface area contributed by atoms with E-state index in [4.69, 9.17) is 4.74 Å². The summed E-state index contributed by atoms with van der Waals surface area (Å²) in [6.07, 6.45) is 3.83. The van der Waals surface area contributed by atoms with Gasteiger partial charge in [-0.1, -0.05) is 18.2 Å². The van der Waals surface area contributed by atoms with Crippen LogP contribution >= 0.6 is 0 Å². The van der Waals surface area contributed by atoms with Gasteiger partial charge >= 0.3 is 0 Å². The minimum absolute atomic E-state index is 0.0737. The van der Waals surface area contributed by atoms with Gasteiger partial charge in [-0.05, 0) is 61.4 Å². The number of carbonyl (C=O) groups is 1.